The summed E-state index contributed by atoms with van der Waals surface area (Å²) in [4.78, 5) is 9.00. The van der Waals surface area contributed by atoms with Gasteiger partial charge < -0.3 is 18.9 Å². The summed E-state index contributed by atoms with van der Waals surface area (Å²) in [6, 6.07) is 4.57. The maximum Gasteiger partial charge on any atom is 0.387 e. The third-order valence-electron chi connectivity index (χ3n) is 5.16. The predicted octanol–water partition coefficient (Wildman–Crippen LogP) is 3.51. The number of likely N-dealkylation sites (tertiary alicyclic amines) is 1. The number of ether oxygens (including phenoxy) is 2. The third kappa shape index (κ3) is 6.11. The lowest BCUT2D eigenvalue weighted by molar-refractivity contribution is -0.0512. The Bertz CT molecular complexity index is 777. The minimum Gasteiger partial charge on any atom is -0.493 e. The molecule has 0 atom stereocenters. The zero-order valence-corrected chi connectivity index (χ0v) is 17.1. The van der Waals surface area contributed by atoms with Gasteiger partial charge in [-0.25, -0.2) is 0 Å². The summed E-state index contributed by atoms with van der Waals surface area (Å²) >= 11 is 0. The molecule has 3 rings (SSSR count). The van der Waals surface area contributed by atoms with E-state index >= 15 is 0 Å². The molecule has 1 fully saturated rings. The van der Waals surface area contributed by atoms with Crippen molar-refractivity contribution in [3.63, 3.8) is 0 Å². The van der Waals surface area contributed by atoms with Crippen LogP contribution in [0.25, 0.3) is 11.4 Å². The molecule has 0 radical (unpaired) electrons. The quantitative estimate of drug-likeness (QED) is 0.627. The van der Waals surface area contributed by atoms with E-state index in [0.717, 1.165) is 25.6 Å². The zero-order chi connectivity index (χ0) is 20.8. The summed E-state index contributed by atoms with van der Waals surface area (Å²) in [7, 11) is 5.61. The van der Waals surface area contributed by atoms with Gasteiger partial charge in [0.1, 0.15) is 0 Å². The first-order chi connectivity index (χ1) is 13.9. The highest BCUT2D eigenvalue weighted by atomic mass is 19.3. The molecule has 29 heavy (non-hydrogen) atoms. The number of aromatic nitrogens is 2. The van der Waals surface area contributed by atoms with Crippen LogP contribution in [0.5, 0.6) is 11.5 Å². The molecule has 9 heteroatoms. The normalized spacial score (nSPS) is 16.0. The highest BCUT2D eigenvalue weighted by Gasteiger charge is 2.21. The van der Waals surface area contributed by atoms with Crippen LogP contribution in [-0.4, -0.2) is 67.4 Å². The largest absolute Gasteiger partial charge is 0.493 e. The first kappa shape index (κ1) is 21.4. The van der Waals surface area contributed by atoms with Crippen LogP contribution in [0.15, 0.2) is 22.7 Å². The van der Waals surface area contributed by atoms with E-state index < -0.39 is 6.61 Å². The Morgan fingerprint density at radius 1 is 1.24 bits per heavy atom. The first-order valence-electron chi connectivity index (χ1n) is 9.77. The number of methoxy groups -OCH3 is 1. The zero-order valence-electron chi connectivity index (χ0n) is 17.1. The van der Waals surface area contributed by atoms with Crippen molar-refractivity contribution in [3.05, 3.63) is 24.1 Å². The van der Waals surface area contributed by atoms with E-state index in [4.69, 9.17) is 9.26 Å². The van der Waals surface area contributed by atoms with E-state index in [2.05, 4.69) is 38.8 Å². The van der Waals surface area contributed by atoms with Gasteiger partial charge in [0.05, 0.1) is 13.7 Å². The van der Waals surface area contributed by atoms with Crippen molar-refractivity contribution in [1.29, 1.82) is 0 Å². The van der Waals surface area contributed by atoms with Gasteiger partial charge in [-0.1, -0.05) is 5.16 Å². The Kier molecular flexibility index (Phi) is 7.38. The molecule has 0 spiro atoms. The van der Waals surface area contributed by atoms with Crippen molar-refractivity contribution in [2.45, 2.75) is 32.4 Å². The van der Waals surface area contributed by atoms with Gasteiger partial charge in [0.25, 0.3) is 0 Å². The number of hydrogen-bond acceptors (Lipinski definition) is 7. The Morgan fingerprint density at radius 2 is 2.00 bits per heavy atom. The van der Waals surface area contributed by atoms with E-state index in [1.54, 1.807) is 12.1 Å². The van der Waals surface area contributed by atoms with Crippen molar-refractivity contribution >= 4 is 0 Å². The van der Waals surface area contributed by atoms with Crippen LogP contribution >= 0.6 is 0 Å². The summed E-state index contributed by atoms with van der Waals surface area (Å²) in [6.45, 7) is 0.852. The highest BCUT2D eigenvalue weighted by Crippen LogP contribution is 2.32. The smallest absolute Gasteiger partial charge is 0.387 e. The second-order valence-corrected chi connectivity index (χ2v) is 7.57. The number of hydrogen-bond donors (Lipinski definition) is 0. The van der Waals surface area contributed by atoms with Crippen molar-refractivity contribution in [2.75, 3.05) is 40.8 Å². The fourth-order valence-electron chi connectivity index (χ4n) is 3.50. The molecular weight excluding hydrogens is 382 g/mol. The molecule has 0 saturated carbocycles. The van der Waals surface area contributed by atoms with E-state index in [0.29, 0.717) is 23.8 Å². The minimum atomic E-state index is -2.92. The molecule has 0 N–H and O–H groups in total. The minimum absolute atomic E-state index is 0.0351. The number of piperidine rings is 1. The molecule has 1 aliphatic rings. The van der Waals surface area contributed by atoms with Crippen molar-refractivity contribution in [2.24, 2.45) is 5.92 Å². The van der Waals surface area contributed by atoms with E-state index in [9.17, 15) is 8.78 Å². The average Bonchev–Trinajstić information content (AvgIpc) is 3.15. The second kappa shape index (κ2) is 9.98. The maximum atomic E-state index is 12.5. The topological polar surface area (TPSA) is 63.9 Å². The lowest BCUT2D eigenvalue weighted by Crippen LogP contribution is -2.34. The fraction of sp³-hybridized carbons (Fsp3) is 0.600. The molecule has 1 aromatic heterocycles. The Morgan fingerprint density at radius 3 is 2.66 bits per heavy atom. The standard InChI is InChI=1S/C20H28F2N4O3/c1-25(2)9-6-14-7-10-26(11-8-14)13-18-23-19(24-29-18)15-4-5-16(28-20(21)22)17(12-15)27-3/h4-5,12,14,20H,6-11,13H2,1-3H3. The SMILES string of the molecule is COc1cc(-c2noc(CN3CCC(CCN(C)C)CC3)n2)ccc1OC(F)F. The highest BCUT2D eigenvalue weighted by molar-refractivity contribution is 5.60. The van der Waals surface area contributed by atoms with Gasteiger partial charge >= 0.3 is 6.61 Å². The summed E-state index contributed by atoms with van der Waals surface area (Å²) in [5.41, 5.74) is 0.612. The molecule has 0 unspecified atom stereocenters. The average molecular weight is 410 g/mol. The number of alkyl halides is 2. The van der Waals surface area contributed by atoms with Crippen LogP contribution < -0.4 is 9.47 Å². The van der Waals surface area contributed by atoms with Crippen molar-refractivity contribution in [3.8, 4) is 22.9 Å². The molecule has 7 nitrogen and oxygen atoms in total. The number of nitrogens with zero attached hydrogens (tertiary/aromatic N) is 4. The van der Waals surface area contributed by atoms with E-state index in [-0.39, 0.29) is 11.5 Å². The molecule has 2 heterocycles. The van der Waals surface area contributed by atoms with Crippen LogP contribution in [0.1, 0.15) is 25.2 Å². The molecule has 0 aliphatic carbocycles. The number of halogens is 2. The molecule has 2 aromatic rings. The van der Waals surface area contributed by atoms with Crippen LogP contribution in [0.3, 0.4) is 0 Å². The summed E-state index contributed by atoms with van der Waals surface area (Å²) in [5.74, 6) is 1.86. The summed E-state index contributed by atoms with van der Waals surface area (Å²) in [6.07, 6.45) is 3.59. The van der Waals surface area contributed by atoms with Gasteiger partial charge in [-0.3, -0.25) is 4.90 Å². The maximum absolute atomic E-state index is 12.5. The molecule has 160 valence electrons. The van der Waals surface area contributed by atoms with Gasteiger partial charge in [-0.05, 0) is 77.1 Å². The third-order valence-corrected chi connectivity index (χ3v) is 5.16. The van der Waals surface area contributed by atoms with E-state index in [1.165, 1.54) is 32.4 Å². The summed E-state index contributed by atoms with van der Waals surface area (Å²) < 4.78 is 39.9. The fourth-order valence-corrected chi connectivity index (χ4v) is 3.50. The molecule has 1 aromatic carbocycles. The lowest BCUT2D eigenvalue weighted by atomic mass is 9.93. The van der Waals surface area contributed by atoms with Gasteiger partial charge in [0.2, 0.25) is 11.7 Å². The Labute approximate surface area is 169 Å². The summed E-state index contributed by atoms with van der Waals surface area (Å²) in [5, 5.41) is 4.02. The van der Waals surface area contributed by atoms with E-state index in [1.807, 2.05) is 0 Å². The monoisotopic (exact) mass is 410 g/mol. The predicted molar refractivity (Wildman–Crippen MR) is 104 cm³/mol. The van der Waals surface area contributed by atoms with Gasteiger partial charge in [-0.15, -0.1) is 0 Å². The van der Waals surface area contributed by atoms with Gasteiger partial charge in [0.15, 0.2) is 11.5 Å². The van der Waals surface area contributed by atoms with Crippen LogP contribution in [0, 0.1) is 5.92 Å². The molecule has 1 aliphatic heterocycles. The second-order valence-electron chi connectivity index (χ2n) is 7.57. The van der Waals surface area contributed by atoms with Crippen LogP contribution in [0.4, 0.5) is 8.78 Å². The van der Waals surface area contributed by atoms with Crippen LogP contribution in [-0.2, 0) is 6.54 Å². The molecule has 0 bridgehead atoms. The lowest BCUT2D eigenvalue weighted by Gasteiger charge is -2.31. The number of benzene rings is 1. The van der Waals surface area contributed by atoms with Crippen LogP contribution in [0.2, 0.25) is 0 Å². The van der Waals surface area contributed by atoms with Crippen molar-refractivity contribution < 1.29 is 22.8 Å². The molecular formula is C20H28F2N4O3. The molecule has 1 saturated heterocycles. The van der Waals surface area contributed by atoms with Gasteiger partial charge in [-0.2, -0.15) is 13.8 Å². The first-order valence-corrected chi connectivity index (χ1v) is 9.77. The Balaban J connectivity index is 1.57. The Hall–Kier alpha value is -2.26. The number of rotatable bonds is 9. The van der Waals surface area contributed by atoms with Crippen molar-refractivity contribution in [1.82, 2.24) is 19.9 Å². The van der Waals surface area contributed by atoms with Gasteiger partial charge in [0, 0.05) is 5.56 Å². The molecule has 0 amide bonds.